The molecule has 5 nitrogen and oxygen atoms in total. The van der Waals surface area contributed by atoms with Crippen molar-refractivity contribution in [2.24, 2.45) is 5.73 Å². The number of ketones is 1. The molecule has 0 amide bonds. The van der Waals surface area contributed by atoms with Crippen LogP contribution in [0.3, 0.4) is 0 Å². The summed E-state index contributed by atoms with van der Waals surface area (Å²) < 4.78 is 20.2. The predicted molar refractivity (Wildman–Crippen MR) is 149 cm³/mol. The molecule has 0 saturated carbocycles. The molecule has 0 saturated heterocycles. The number of hydrogen-bond donors (Lipinski definition) is 1. The van der Waals surface area contributed by atoms with E-state index in [0.717, 1.165) is 44.5 Å². The van der Waals surface area contributed by atoms with Crippen LogP contribution < -0.4 is 15.4 Å². The van der Waals surface area contributed by atoms with Crippen molar-refractivity contribution in [1.29, 1.82) is 5.26 Å². The first kappa shape index (κ1) is 25.7. The highest BCUT2D eigenvalue weighted by atomic mass is 79.9. The molecule has 0 bridgehead atoms. The molecule has 0 aromatic heterocycles. The lowest BCUT2D eigenvalue weighted by Crippen LogP contribution is -2.39. The highest BCUT2D eigenvalue weighted by molar-refractivity contribution is 9.10. The van der Waals surface area contributed by atoms with Gasteiger partial charge in [-0.3, -0.25) is 9.69 Å². The van der Waals surface area contributed by atoms with E-state index in [1.807, 2.05) is 55.1 Å². The van der Waals surface area contributed by atoms with Gasteiger partial charge >= 0.3 is 0 Å². The number of ether oxygens (including phenoxy) is 1. The summed E-state index contributed by atoms with van der Waals surface area (Å²) in [4.78, 5) is 15.4. The van der Waals surface area contributed by atoms with Crippen molar-refractivity contribution in [2.75, 3.05) is 4.90 Å². The highest BCUT2D eigenvalue weighted by Gasteiger charge is 2.41. The van der Waals surface area contributed by atoms with E-state index in [4.69, 9.17) is 10.5 Å². The van der Waals surface area contributed by atoms with Gasteiger partial charge in [0.15, 0.2) is 5.78 Å². The van der Waals surface area contributed by atoms with E-state index in [-0.39, 0.29) is 18.2 Å². The SMILES string of the molecule is Cc1cc(COc2ccc(F)cc2)c(C)c(C2C(C#N)=C(N)N(c3cccc(Br)c3)C3=C2C(=O)CCC3)c1. The van der Waals surface area contributed by atoms with Gasteiger partial charge in [-0.1, -0.05) is 39.7 Å². The van der Waals surface area contributed by atoms with E-state index in [1.54, 1.807) is 12.1 Å². The zero-order valence-corrected chi connectivity index (χ0v) is 22.8. The summed E-state index contributed by atoms with van der Waals surface area (Å²) in [6.45, 7) is 4.24. The number of carbonyl (C=O) groups is 1. The second kappa shape index (κ2) is 10.5. The second-order valence-corrected chi connectivity index (χ2v) is 10.6. The Hall–Kier alpha value is -3.89. The van der Waals surface area contributed by atoms with Crippen LogP contribution in [0.15, 0.2) is 87.8 Å². The molecule has 7 heteroatoms. The molecule has 1 aliphatic carbocycles. The number of anilines is 1. The quantitative estimate of drug-likeness (QED) is 0.353. The number of nitriles is 1. The summed E-state index contributed by atoms with van der Waals surface area (Å²) in [5.41, 5.74) is 13.1. The number of nitrogens with two attached hydrogens (primary N) is 1. The van der Waals surface area contributed by atoms with E-state index in [0.29, 0.717) is 35.6 Å². The fourth-order valence-corrected chi connectivity index (χ4v) is 5.80. The number of benzene rings is 3. The molecule has 192 valence electrons. The van der Waals surface area contributed by atoms with Crippen LogP contribution in [0.1, 0.15) is 47.4 Å². The summed E-state index contributed by atoms with van der Waals surface area (Å²) in [5.74, 6) is 0.0620. The average molecular weight is 572 g/mol. The molecule has 38 heavy (non-hydrogen) atoms. The number of nitrogens with zero attached hydrogens (tertiary/aromatic N) is 2. The number of hydrogen-bond acceptors (Lipinski definition) is 5. The summed E-state index contributed by atoms with van der Waals surface area (Å²) >= 11 is 3.53. The van der Waals surface area contributed by atoms with E-state index >= 15 is 0 Å². The highest BCUT2D eigenvalue weighted by Crippen LogP contribution is 2.47. The minimum atomic E-state index is -0.560. The molecule has 1 atom stereocenters. The molecule has 1 unspecified atom stereocenters. The Morgan fingerprint density at radius 2 is 1.89 bits per heavy atom. The number of allylic oxidation sites excluding steroid dienone is 3. The minimum absolute atomic E-state index is 0.0431. The molecule has 1 aliphatic heterocycles. The lowest BCUT2D eigenvalue weighted by molar-refractivity contribution is -0.116. The number of aryl methyl sites for hydroxylation is 1. The van der Waals surface area contributed by atoms with Gasteiger partial charge in [0.25, 0.3) is 0 Å². The Balaban J connectivity index is 1.63. The van der Waals surface area contributed by atoms with E-state index in [2.05, 4.69) is 22.0 Å². The fourth-order valence-electron chi connectivity index (χ4n) is 5.41. The summed E-state index contributed by atoms with van der Waals surface area (Å²) in [5, 5.41) is 10.4. The summed E-state index contributed by atoms with van der Waals surface area (Å²) in [6.07, 6.45) is 1.86. The van der Waals surface area contributed by atoms with Crippen LogP contribution in [-0.2, 0) is 11.4 Å². The van der Waals surface area contributed by atoms with Gasteiger partial charge in [-0.05, 0) is 85.8 Å². The van der Waals surface area contributed by atoms with Crippen LogP contribution in [-0.4, -0.2) is 5.78 Å². The van der Waals surface area contributed by atoms with Gasteiger partial charge in [0.05, 0.1) is 17.6 Å². The number of halogens is 2. The van der Waals surface area contributed by atoms with Crippen LogP contribution >= 0.6 is 15.9 Å². The lowest BCUT2D eigenvalue weighted by atomic mass is 9.73. The van der Waals surface area contributed by atoms with Crippen molar-refractivity contribution in [3.05, 3.63) is 116 Å². The topological polar surface area (TPSA) is 79.3 Å². The first-order valence-electron chi connectivity index (χ1n) is 12.5. The Morgan fingerprint density at radius 3 is 2.61 bits per heavy atom. The number of rotatable bonds is 5. The predicted octanol–water partition coefficient (Wildman–Crippen LogP) is 7.09. The van der Waals surface area contributed by atoms with Gasteiger partial charge < -0.3 is 10.5 Å². The minimum Gasteiger partial charge on any atom is -0.489 e. The van der Waals surface area contributed by atoms with Gasteiger partial charge in [0.1, 0.15) is 24.0 Å². The molecule has 0 fully saturated rings. The first-order chi connectivity index (χ1) is 18.3. The lowest BCUT2D eigenvalue weighted by Gasteiger charge is -2.40. The largest absolute Gasteiger partial charge is 0.489 e. The molecule has 2 aliphatic rings. The van der Waals surface area contributed by atoms with Crippen LogP contribution in [0.25, 0.3) is 0 Å². The second-order valence-electron chi connectivity index (χ2n) is 9.68. The molecule has 5 rings (SSSR count). The van der Waals surface area contributed by atoms with E-state index in [1.165, 1.54) is 12.1 Å². The van der Waals surface area contributed by atoms with Gasteiger partial charge in [0, 0.05) is 27.9 Å². The molecule has 3 aromatic carbocycles. The molecule has 0 spiro atoms. The molecular formula is C31H27BrFN3O2. The van der Waals surface area contributed by atoms with Crippen molar-refractivity contribution >= 4 is 27.4 Å². The maximum atomic E-state index is 13.5. The van der Waals surface area contributed by atoms with Crippen molar-refractivity contribution < 1.29 is 13.9 Å². The third-order valence-electron chi connectivity index (χ3n) is 7.20. The third kappa shape index (κ3) is 4.72. The number of Topliss-reactive ketones (excluding diaryl/α,β-unsaturated/α-hetero) is 1. The van der Waals surface area contributed by atoms with Crippen molar-refractivity contribution in [2.45, 2.75) is 45.6 Å². The summed E-state index contributed by atoms with van der Waals surface area (Å²) in [7, 11) is 0. The standard InChI is InChI=1S/C31H27BrFN3O2/c1-18-13-20(17-38-24-11-9-22(33)10-12-24)19(2)25(14-18)29-26(16-34)31(35)36(23-6-3-5-21(32)15-23)27-7-4-8-28(37)30(27)29/h3,5-6,9-15,29H,4,7-8,17,35H2,1-2H3. The van der Waals surface area contributed by atoms with Crippen LogP contribution in [0.5, 0.6) is 5.75 Å². The Morgan fingerprint density at radius 1 is 1.13 bits per heavy atom. The Labute approximate surface area is 230 Å². The summed E-state index contributed by atoms with van der Waals surface area (Å²) in [6, 6.07) is 20.0. The van der Waals surface area contributed by atoms with Gasteiger partial charge in [-0.2, -0.15) is 5.26 Å². The van der Waals surface area contributed by atoms with E-state index < -0.39 is 5.92 Å². The van der Waals surface area contributed by atoms with Crippen LogP contribution in [0.2, 0.25) is 0 Å². The maximum absolute atomic E-state index is 13.5. The van der Waals surface area contributed by atoms with Gasteiger partial charge in [-0.15, -0.1) is 0 Å². The fraction of sp³-hybridized carbons (Fsp3) is 0.226. The number of carbonyl (C=O) groups excluding carboxylic acids is 1. The van der Waals surface area contributed by atoms with Crippen LogP contribution in [0, 0.1) is 31.0 Å². The molecule has 1 heterocycles. The van der Waals surface area contributed by atoms with Crippen molar-refractivity contribution in [3.63, 3.8) is 0 Å². The van der Waals surface area contributed by atoms with Crippen molar-refractivity contribution in [1.82, 2.24) is 0 Å². The molecule has 2 N–H and O–H groups in total. The molecular weight excluding hydrogens is 545 g/mol. The maximum Gasteiger partial charge on any atom is 0.161 e. The van der Waals surface area contributed by atoms with E-state index in [9.17, 15) is 14.4 Å². The Kier molecular flexibility index (Phi) is 7.09. The zero-order chi connectivity index (χ0) is 27.0. The van der Waals surface area contributed by atoms with Gasteiger partial charge in [-0.25, -0.2) is 4.39 Å². The average Bonchev–Trinajstić information content (AvgIpc) is 2.89. The zero-order valence-electron chi connectivity index (χ0n) is 21.2. The monoisotopic (exact) mass is 571 g/mol. The Bertz CT molecular complexity index is 1540. The molecule has 0 radical (unpaired) electrons. The normalized spacial score (nSPS) is 17.4. The van der Waals surface area contributed by atoms with Gasteiger partial charge in [0.2, 0.25) is 0 Å². The van der Waals surface area contributed by atoms with Crippen molar-refractivity contribution in [3.8, 4) is 11.8 Å². The first-order valence-corrected chi connectivity index (χ1v) is 13.3. The smallest absolute Gasteiger partial charge is 0.161 e. The van der Waals surface area contributed by atoms with Crippen LogP contribution in [0.4, 0.5) is 10.1 Å². The molecule has 3 aromatic rings. The third-order valence-corrected chi connectivity index (χ3v) is 7.69.